The van der Waals surface area contributed by atoms with Gasteiger partial charge in [0.05, 0.1) is 5.69 Å². The molecule has 0 saturated heterocycles. The van der Waals surface area contributed by atoms with Crippen molar-refractivity contribution in [2.45, 2.75) is 39.0 Å². The lowest BCUT2D eigenvalue weighted by atomic mass is 10.2. The van der Waals surface area contributed by atoms with Crippen molar-refractivity contribution in [2.24, 2.45) is 0 Å². The number of nitrogens with zero attached hydrogens (tertiary/aromatic N) is 3. The summed E-state index contributed by atoms with van der Waals surface area (Å²) in [4.78, 5) is 18.8. The van der Waals surface area contributed by atoms with Crippen LogP contribution < -0.4 is 5.56 Å². The fourth-order valence-electron chi connectivity index (χ4n) is 2.01. The Morgan fingerprint density at radius 3 is 2.88 bits per heavy atom. The van der Waals surface area contributed by atoms with E-state index in [4.69, 9.17) is 0 Å². The van der Waals surface area contributed by atoms with Gasteiger partial charge in [-0.25, -0.2) is 4.52 Å². The molecule has 1 N–H and O–H groups in total. The van der Waals surface area contributed by atoms with Gasteiger partial charge in [-0.05, 0) is 26.2 Å². The third-order valence-corrected chi connectivity index (χ3v) is 3.16. The van der Waals surface area contributed by atoms with Gasteiger partial charge in [-0.2, -0.15) is 4.98 Å². The fourth-order valence-corrected chi connectivity index (χ4v) is 2.01. The van der Waals surface area contributed by atoms with Gasteiger partial charge in [-0.15, -0.1) is 5.10 Å². The van der Waals surface area contributed by atoms with Crippen molar-refractivity contribution in [2.75, 3.05) is 0 Å². The van der Waals surface area contributed by atoms with Crippen LogP contribution in [-0.4, -0.2) is 19.6 Å². The lowest BCUT2D eigenvalue weighted by Crippen LogP contribution is -2.17. The molecule has 0 spiro atoms. The van der Waals surface area contributed by atoms with Gasteiger partial charge in [0.25, 0.3) is 5.56 Å². The SMILES string of the molecule is CCc1c(C)c(=O)[nH]c2nc(C3CC3)nn12. The van der Waals surface area contributed by atoms with Crippen molar-refractivity contribution in [3.8, 4) is 0 Å². The van der Waals surface area contributed by atoms with Crippen LogP contribution in [0.1, 0.15) is 42.8 Å². The number of fused-ring (bicyclic) bond motifs is 1. The largest absolute Gasteiger partial charge is 0.291 e. The molecule has 0 atom stereocenters. The predicted octanol–water partition coefficient (Wildman–Crippen LogP) is 1.17. The zero-order valence-electron chi connectivity index (χ0n) is 9.45. The lowest BCUT2D eigenvalue weighted by Gasteiger charge is -2.03. The molecule has 16 heavy (non-hydrogen) atoms. The topological polar surface area (TPSA) is 63.0 Å². The highest BCUT2D eigenvalue weighted by molar-refractivity contribution is 5.33. The summed E-state index contributed by atoms with van der Waals surface area (Å²) >= 11 is 0. The Labute approximate surface area is 92.5 Å². The van der Waals surface area contributed by atoms with E-state index >= 15 is 0 Å². The Morgan fingerprint density at radius 1 is 1.50 bits per heavy atom. The highest BCUT2D eigenvalue weighted by Crippen LogP contribution is 2.38. The first kappa shape index (κ1) is 9.57. The van der Waals surface area contributed by atoms with Crippen molar-refractivity contribution in [3.05, 3.63) is 27.4 Å². The maximum absolute atomic E-state index is 11.7. The first-order valence-corrected chi connectivity index (χ1v) is 5.69. The van der Waals surface area contributed by atoms with E-state index in [9.17, 15) is 4.79 Å². The van der Waals surface area contributed by atoms with Gasteiger partial charge in [0, 0.05) is 11.5 Å². The van der Waals surface area contributed by atoms with Crippen LogP contribution >= 0.6 is 0 Å². The maximum Gasteiger partial charge on any atom is 0.255 e. The van der Waals surface area contributed by atoms with Crippen molar-refractivity contribution < 1.29 is 0 Å². The summed E-state index contributed by atoms with van der Waals surface area (Å²) < 4.78 is 1.78. The molecule has 0 unspecified atom stereocenters. The Kier molecular flexibility index (Phi) is 1.89. The van der Waals surface area contributed by atoms with E-state index < -0.39 is 0 Å². The molecule has 5 heteroatoms. The molecule has 84 valence electrons. The van der Waals surface area contributed by atoms with Crippen LogP contribution in [0.3, 0.4) is 0 Å². The Hall–Kier alpha value is -1.65. The molecule has 0 radical (unpaired) electrons. The number of nitrogens with one attached hydrogen (secondary N) is 1. The number of hydrogen-bond acceptors (Lipinski definition) is 3. The van der Waals surface area contributed by atoms with E-state index in [0.717, 1.165) is 23.5 Å². The van der Waals surface area contributed by atoms with E-state index in [-0.39, 0.29) is 5.56 Å². The van der Waals surface area contributed by atoms with Gasteiger partial charge in [-0.1, -0.05) is 6.92 Å². The molecule has 0 amide bonds. The Bertz CT molecular complexity index is 606. The quantitative estimate of drug-likeness (QED) is 0.822. The van der Waals surface area contributed by atoms with Gasteiger partial charge in [0.1, 0.15) is 0 Å². The monoisotopic (exact) mass is 218 g/mol. The molecule has 1 fully saturated rings. The maximum atomic E-state index is 11.7. The molecule has 1 aliphatic rings. The van der Waals surface area contributed by atoms with Crippen molar-refractivity contribution in [3.63, 3.8) is 0 Å². The second-order valence-corrected chi connectivity index (χ2v) is 4.36. The normalized spacial score (nSPS) is 15.9. The van der Waals surface area contributed by atoms with Crippen LogP contribution in [0.4, 0.5) is 0 Å². The molecule has 0 aromatic carbocycles. The number of rotatable bonds is 2. The van der Waals surface area contributed by atoms with Crippen molar-refractivity contribution in [1.29, 1.82) is 0 Å². The Balaban J connectivity index is 2.32. The lowest BCUT2D eigenvalue weighted by molar-refractivity contribution is 0.802. The molecular formula is C11H14N4O. The van der Waals surface area contributed by atoms with Gasteiger partial charge in [-0.3, -0.25) is 9.78 Å². The molecule has 1 aliphatic carbocycles. The van der Waals surface area contributed by atoms with Crippen LogP contribution in [0.5, 0.6) is 0 Å². The number of aryl methyl sites for hydroxylation is 1. The summed E-state index contributed by atoms with van der Waals surface area (Å²) in [5.74, 6) is 1.96. The highest BCUT2D eigenvalue weighted by atomic mass is 16.1. The first-order valence-electron chi connectivity index (χ1n) is 5.69. The third kappa shape index (κ3) is 1.27. The standard InChI is InChI=1S/C11H14N4O/c1-3-8-6(2)10(16)13-11-12-9(7-4-5-7)14-15(8)11/h7H,3-5H2,1-2H3,(H,12,13,14,16). The molecule has 2 aromatic rings. The summed E-state index contributed by atoms with van der Waals surface area (Å²) in [7, 11) is 0. The highest BCUT2D eigenvalue weighted by Gasteiger charge is 2.28. The van der Waals surface area contributed by atoms with Gasteiger partial charge < -0.3 is 0 Å². The van der Waals surface area contributed by atoms with Crippen LogP contribution in [-0.2, 0) is 6.42 Å². The number of aromatic nitrogens is 4. The van der Waals surface area contributed by atoms with E-state index in [1.807, 2.05) is 13.8 Å². The summed E-state index contributed by atoms with van der Waals surface area (Å²) in [5.41, 5.74) is 1.64. The summed E-state index contributed by atoms with van der Waals surface area (Å²) in [6.45, 7) is 3.86. The minimum atomic E-state index is -0.0564. The Morgan fingerprint density at radius 2 is 2.25 bits per heavy atom. The average molecular weight is 218 g/mol. The van der Waals surface area contributed by atoms with Crippen LogP contribution in [0, 0.1) is 6.92 Å². The molecule has 0 bridgehead atoms. The van der Waals surface area contributed by atoms with Crippen LogP contribution in [0.25, 0.3) is 5.78 Å². The molecular weight excluding hydrogens is 204 g/mol. The number of aromatic amines is 1. The zero-order chi connectivity index (χ0) is 11.3. The van der Waals surface area contributed by atoms with E-state index in [2.05, 4.69) is 15.1 Å². The summed E-state index contributed by atoms with van der Waals surface area (Å²) in [6.07, 6.45) is 3.13. The minimum absolute atomic E-state index is 0.0564. The fraction of sp³-hybridized carbons (Fsp3) is 0.545. The van der Waals surface area contributed by atoms with E-state index in [1.54, 1.807) is 4.52 Å². The molecule has 5 nitrogen and oxygen atoms in total. The van der Waals surface area contributed by atoms with Crippen molar-refractivity contribution in [1.82, 2.24) is 19.6 Å². The van der Waals surface area contributed by atoms with Gasteiger partial charge in [0.2, 0.25) is 5.78 Å². The molecule has 1 saturated carbocycles. The predicted molar refractivity (Wildman–Crippen MR) is 59.7 cm³/mol. The van der Waals surface area contributed by atoms with E-state index in [1.165, 1.54) is 12.8 Å². The smallest absolute Gasteiger partial charge is 0.255 e. The van der Waals surface area contributed by atoms with Gasteiger partial charge in [0.15, 0.2) is 5.82 Å². The molecule has 3 rings (SSSR count). The van der Waals surface area contributed by atoms with Crippen molar-refractivity contribution >= 4 is 5.78 Å². The molecule has 0 aliphatic heterocycles. The second kappa shape index (κ2) is 3.17. The summed E-state index contributed by atoms with van der Waals surface area (Å²) in [6, 6.07) is 0. The van der Waals surface area contributed by atoms with E-state index in [0.29, 0.717) is 11.7 Å². The number of hydrogen-bond donors (Lipinski definition) is 1. The first-order chi connectivity index (χ1) is 7.70. The summed E-state index contributed by atoms with van der Waals surface area (Å²) in [5, 5.41) is 4.48. The zero-order valence-corrected chi connectivity index (χ0v) is 9.45. The molecule has 2 aromatic heterocycles. The van der Waals surface area contributed by atoms with Gasteiger partial charge >= 0.3 is 0 Å². The van der Waals surface area contributed by atoms with Crippen LogP contribution in [0.15, 0.2) is 4.79 Å². The van der Waals surface area contributed by atoms with Crippen LogP contribution in [0.2, 0.25) is 0 Å². The minimum Gasteiger partial charge on any atom is -0.291 e. The second-order valence-electron chi connectivity index (χ2n) is 4.36. The average Bonchev–Trinajstić information content (AvgIpc) is 3.03. The number of H-pyrrole nitrogens is 1. The molecule has 2 heterocycles. The third-order valence-electron chi connectivity index (χ3n) is 3.16.